The second-order valence-electron chi connectivity index (χ2n) is 6.41. The molecule has 1 aliphatic heterocycles. The number of hydrogen-bond acceptors (Lipinski definition) is 2. The molecule has 1 saturated heterocycles. The van der Waals surface area contributed by atoms with Crippen LogP contribution in [0.5, 0.6) is 0 Å². The molecule has 0 aromatic rings. The first-order valence-electron chi connectivity index (χ1n) is 8.24. The number of amides is 1. The number of likely N-dealkylation sites (tertiary alicyclic amines) is 1. The molecule has 3 unspecified atom stereocenters. The number of rotatable bonds is 6. The van der Waals surface area contributed by atoms with Crippen LogP contribution in [0, 0.1) is 11.8 Å². The van der Waals surface area contributed by atoms with Crippen molar-refractivity contribution in [3.05, 3.63) is 0 Å². The van der Waals surface area contributed by atoms with Crippen molar-refractivity contribution in [2.24, 2.45) is 11.8 Å². The lowest BCUT2D eigenvalue weighted by Gasteiger charge is -2.32. The fourth-order valence-electron chi connectivity index (χ4n) is 3.66. The van der Waals surface area contributed by atoms with Crippen LogP contribution in [0.4, 0.5) is 0 Å². The minimum Gasteiger partial charge on any atom is -0.342 e. The van der Waals surface area contributed by atoms with E-state index in [9.17, 15) is 4.79 Å². The number of carbonyl (C=O) groups excluding carboxylic acids is 1. The molecule has 19 heavy (non-hydrogen) atoms. The van der Waals surface area contributed by atoms with Crippen molar-refractivity contribution in [2.75, 3.05) is 19.6 Å². The van der Waals surface area contributed by atoms with Gasteiger partial charge in [0.1, 0.15) is 0 Å². The van der Waals surface area contributed by atoms with Crippen LogP contribution >= 0.6 is 0 Å². The molecule has 3 atom stereocenters. The Kier molecular flexibility index (Phi) is 5.68. The lowest BCUT2D eigenvalue weighted by molar-refractivity contribution is -0.137. The number of carbonyl (C=O) groups is 1. The quantitative estimate of drug-likeness (QED) is 0.802. The van der Waals surface area contributed by atoms with Gasteiger partial charge in [0.2, 0.25) is 5.91 Å². The summed E-state index contributed by atoms with van der Waals surface area (Å²) in [5.41, 5.74) is 0. The second-order valence-corrected chi connectivity index (χ2v) is 6.41. The first-order valence-corrected chi connectivity index (χ1v) is 8.24. The summed E-state index contributed by atoms with van der Waals surface area (Å²) in [6.45, 7) is 7.42. The highest BCUT2D eigenvalue weighted by molar-refractivity contribution is 5.79. The number of nitrogens with one attached hydrogen (secondary N) is 1. The predicted octanol–water partition coefficient (Wildman–Crippen LogP) is 2.80. The van der Waals surface area contributed by atoms with Crippen LogP contribution < -0.4 is 5.32 Å². The van der Waals surface area contributed by atoms with Crippen molar-refractivity contribution in [2.45, 2.75) is 64.8 Å². The van der Waals surface area contributed by atoms with Crippen molar-refractivity contribution in [1.82, 2.24) is 10.2 Å². The molecule has 0 spiro atoms. The van der Waals surface area contributed by atoms with Crippen molar-refractivity contribution >= 4 is 5.91 Å². The van der Waals surface area contributed by atoms with E-state index >= 15 is 0 Å². The van der Waals surface area contributed by atoms with Crippen molar-refractivity contribution in [3.8, 4) is 0 Å². The molecule has 0 bridgehead atoms. The van der Waals surface area contributed by atoms with Crippen LogP contribution in [0.2, 0.25) is 0 Å². The van der Waals surface area contributed by atoms with Gasteiger partial charge in [-0.1, -0.05) is 20.3 Å². The minimum atomic E-state index is 0.256. The summed E-state index contributed by atoms with van der Waals surface area (Å²) < 4.78 is 0. The zero-order valence-electron chi connectivity index (χ0n) is 12.7. The van der Waals surface area contributed by atoms with Gasteiger partial charge in [-0.05, 0) is 51.0 Å². The summed E-state index contributed by atoms with van der Waals surface area (Å²) in [5.74, 6) is 1.44. The second kappa shape index (κ2) is 7.28. The highest BCUT2D eigenvalue weighted by atomic mass is 16.2. The van der Waals surface area contributed by atoms with Gasteiger partial charge in [0.15, 0.2) is 0 Å². The predicted molar refractivity (Wildman–Crippen MR) is 79.0 cm³/mol. The van der Waals surface area contributed by atoms with Crippen LogP contribution in [0.1, 0.15) is 58.8 Å². The molecule has 2 rings (SSSR count). The molecule has 1 amide bonds. The standard InChI is InChI=1S/C16H30N2O/c1-3-10-17-15-8-4-7-14(15)9-12-18-11-5-6-13(2)16(18)19/h13-15,17H,3-12H2,1-2H3. The van der Waals surface area contributed by atoms with Gasteiger partial charge in [-0.15, -0.1) is 0 Å². The molecule has 1 N–H and O–H groups in total. The third-order valence-corrected chi connectivity index (χ3v) is 4.88. The molecule has 3 nitrogen and oxygen atoms in total. The summed E-state index contributed by atoms with van der Waals surface area (Å²) in [6, 6.07) is 0.706. The average Bonchev–Trinajstić information content (AvgIpc) is 2.85. The Morgan fingerprint density at radius 1 is 1.26 bits per heavy atom. The molecule has 3 heteroatoms. The van der Waals surface area contributed by atoms with Crippen molar-refractivity contribution < 1.29 is 4.79 Å². The van der Waals surface area contributed by atoms with Crippen LogP contribution in [-0.4, -0.2) is 36.5 Å². The lowest BCUT2D eigenvalue weighted by Crippen LogP contribution is -2.42. The Bertz CT molecular complexity index is 292. The molecule has 1 saturated carbocycles. The summed E-state index contributed by atoms with van der Waals surface area (Å²) >= 11 is 0. The van der Waals surface area contributed by atoms with E-state index < -0.39 is 0 Å². The third kappa shape index (κ3) is 3.95. The van der Waals surface area contributed by atoms with Crippen LogP contribution in [-0.2, 0) is 4.79 Å². The number of nitrogens with zero attached hydrogens (tertiary/aromatic N) is 1. The first kappa shape index (κ1) is 14.8. The van der Waals surface area contributed by atoms with Crippen LogP contribution in [0.25, 0.3) is 0 Å². The van der Waals surface area contributed by atoms with E-state index in [4.69, 9.17) is 0 Å². The molecule has 1 heterocycles. The van der Waals surface area contributed by atoms with E-state index in [0.29, 0.717) is 11.9 Å². The largest absolute Gasteiger partial charge is 0.342 e. The normalized spacial score (nSPS) is 32.0. The molecule has 1 aliphatic carbocycles. The molecule has 0 aromatic carbocycles. The van der Waals surface area contributed by atoms with E-state index in [-0.39, 0.29) is 5.92 Å². The van der Waals surface area contributed by atoms with Gasteiger partial charge in [-0.2, -0.15) is 0 Å². The van der Waals surface area contributed by atoms with Gasteiger partial charge in [-0.25, -0.2) is 0 Å². The SMILES string of the molecule is CCCNC1CCCC1CCN1CCCC(C)C1=O. The highest BCUT2D eigenvalue weighted by Crippen LogP contribution is 2.29. The molecule has 0 radical (unpaired) electrons. The van der Waals surface area contributed by atoms with Gasteiger partial charge in [0, 0.05) is 25.0 Å². The maximum atomic E-state index is 12.1. The molecule has 2 fully saturated rings. The smallest absolute Gasteiger partial charge is 0.225 e. The number of piperidine rings is 1. The summed E-state index contributed by atoms with van der Waals surface area (Å²) in [5, 5.41) is 3.69. The molecule has 110 valence electrons. The van der Waals surface area contributed by atoms with Gasteiger partial charge < -0.3 is 10.2 Å². The van der Waals surface area contributed by atoms with Crippen LogP contribution in [0.3, 0.4) is 0 Å². The van der Waals surface area contributed by atoms with E-state index in [1.807, 2.05) is 0 Å². The monoisotopic (exact) mass is 266 g/mol. The Balaban J connectivity index is 1.76. The Hall–Kier alpha value is -0.570. The van der Waals surface area contributed by atoms with E-state index in [1.54, 1.807) is 0 Å². The zero-order chi connectivity index (χ0) is 13.7. The Morgan fingerprint density at radius 3 is 2.89 bits per heavy atom. The maximum Gasteiger partial charge on any atom is 0.225 e. The lowest BCUT2D eigenvalue weighted by atomic mass is 9.96. The molecule has 0 aromatic heterocycles. The highest BCUT2D eigenvalue weighted by Gasteiger charge is 2.29. The third-order valence-electron chi connectivity index (χ3n) is 4.88. The van der Waals surface area contributed by atoms with Gasteiger partial charge in [-0.3, -0.25) is 4.79 Å². The Morgan fingerprint density at radius 2 is 2.11 bits per heavy atom. The average molecular weight is 266 g/mol. The topological polar surface area (TPSA) is 32.3 Å². The summed E-state index contributed by atoms with van der Waals surface area (Å²) in [7, 11) is 0. The van der Waals surface area contributed by atoms with Crippen molar-refractivity contribution in [3.63, 3.8) is 0 Å². The van der Waals surface area contributed by atoms with Crippen molar-refractivity contribution in [1.29, 1.82) is 0 Å². The van der Waals surface area contributed by atoms with E-state index in [0.717, 1.165) is 32.0 Å². The van der Waals surface area contributed by atoms with Crippen LogP contribution in [0.15, 0.2) is 0 Å². The summed E-state index contributed by atoms with van der Waals surface area (Å²) in [6.07, 6.45) is 8.71. The fourth-order valence-corrected chi connectivity index (χ4v) is 3.66. The summed E-state index contributed by atoms with van der Waals surface area (Å²) in [4.78, 5) is 14.2. The minimum absolute atomic E-state index is 0.256. The van der Waals surface area contributed by atoms with Gasteiger partial charge in [0.05, 0.1) is 0 Å². The molecule has 2 aliphatic rings. The number of hydrogen-bond donors (Lipinski definition) is 1. The Labute approximate surface area is 118 Å². The maximum absolute atomic E-state index is 12.1. The first-order chi connectivity index (χ1) is 9.22. The molecular formula is C16H30N2O. The van der Waals surface area contributed by atoms with E-state index in [1.165, 1.54) is 38.5 Å². The van der Waals surface area contributed by atoms with E-state index in [2.05, 4.69) is 24.1 Å². The van der Waals surface area contributed by atoms with Gasteiger partial charge in [0.25, 0.3) is 0 Å². The zero-order valence-corrected chi connectivity index (χ0v) is 12.7. The fraction of sp³-hybridized carbons (Fsp3) is 0.938. The van der Waals surface area contributed by atoms with Gasteiger partial charge >= 0.3 is 0 Å². The molecular weight excluding hydrogens is 236 g/mol.